The zero-order chi connectivity index (χ0) is 13.0. The second kappa shape index (κ2) is 6.18. The van der Waals surface area contributed by atoms with Gasteiger partial charge in [-0.05, 0) is 45.2 Å². The highest BCUT2D eigenvalue weighted by Gasteiger charge is 2.25. The fourth-order valence-corrected chi connectivity index (χ4v) is 2.72. The monoisotopic (exact) mass is 253 g/mol. The van der Waals surface area contributed by atoms with Gasteiger partial charge in [0.05, 0.1) is 0 Å². The minimum Gasteiger partial charge on any atom is -0.345 e. The zero-order valence-corrected chi connectivity index (χ0v) is 11.1. The van der Waals surface area contributed by atoms with E-state index in [4.69, 9.17) is 0 Å². The van der Waals surface area contributed by atoms with Crippen LogP contribution in [0, 0.1) is 5.92 Å². The first kappa shape index (κ1) is 13.3. The Morgan fingerprint density at radius 2 is 2.11 bits per heavy atom. The van der Waals surface area contributed by atoms with Crippen molar-refractivity contribution in [1.82, 2.24) is 15.5 Å². The second-order valence-corrected chi connectivity index (χ2v) is 5.38. The summed E-state index contributed by atoms with van der Waals surface area (Å²) in [5, 5.41) is 6.07. The van der Waals surface area contributed by atoms with Gasteiger partial charge in [-0.1, -0.05) is 0 Å². The molecule has 0 bridgehead atoms. The maximum atomic E-state index is 12.0. The fraction of sp³-hybridized carbons (Fsp3) is 0.846. The predicted octanol–water partition coefficient (Wildman–Crippen LogP) is 0.113. The highest BCUT2D eigenvalue weighted by Crippen LogP contribution is 2.12. The Bertz CT molecular complexity index is 307. The van der Waals surface area contributed by atoms with Crippen molar-refractivity contribution in [3.8, 4) is 0 Å². The van der Waals surface area contributed by atoms with E-state index in [9.17, 15) is 9.59 Å². The van der Waals surface area contributed by atoms with Crippen LogP contribution < -0.4 is 10.6 Å². The van der Waals surface area contributed by atoms with E-state index in [1.165, 1.54) is 0 Å². The molecule has 2 saturated heterocycles. The van der Waals surface area contributed by atoms with Crippen LogP contribution in [0.3, 0.4) is 0 Å². The summed E-state index contributed by atoms with van der Waals surface area (Å²) >= 11 is 0. The van der Waals surface area contributed by atoms with Crippen molar-refractivity contribution in [1.29, 1.82) is 0 Å². The average molecular weight is 253 g/mol. The van der Waals surface area contributed by atoms with Gasteiger partial charge in [0.25, 0.3) is 0 Å². The van der Waals surface area contributed by atoms with Crippen LogP contribution in [0.5, 0.6) is 0 Å². The van der Waals surface area contributed by atoms with Crippen LogP contribution >= 0.6 is 0 Å². The molecule has 2 N–H and O–H groups in total. The smallest absolute Gasteiger partial charge is 0.244 e. The molecule has 0 aromatic heterocycles. The minimum absolute atomic E-state index is 0.00347. The molecule has 2 rings (SSSR count). The molecule has 0 aromatic carbocycles. The molecule has 2 atom stereocenters. The topological polar surface area (TPSA) is 61.4 Å². The number of nitrogens with zero attached hydrogens (tertiary/aromatic N) is 1. The quantitative estimate of drug-likeness (QED) is 0.748. The SMILES string of the molecule is CC(NC(=O)CC1CCNC1)C(=O)N1CCCC1. The van der Waals surface area contributed by atoms with E-state index >= 15 is 0 Å². The highest BCUT2D eigenvalue weighted by molar-refractivity contribution is 5.87. The summed E-state index contributed by atoms with van der Waals surface area (Å²) in [5.41, 5.74) is 0. The summed E-state index contributed by atoms with van der Waals surface area (Å²) in [6.45, 7) is 5.38. The number of rotatable bonds is 4. The van der Waals surface area contributed by atoms with E-state index in [1.807, 2.05) is 4.90 Å². The van der Waals surface area contributed by atoms with Crippen molar-refractivity contribution in [2.24, 2.45) is 5.92 Å². The summed E-state index contributed by atoms with van der Waals surface area (Å²) < 4.78 is 0. The largest absolute Gasteiger partial charge is 0.345 e. The Morgan fingerprint density at radius 3 is 2.72 bits per heavy atom. The number of carbonyl (C=O) groups excluding carboxylic acids is 2. The first-order valence-corrected chi connectivity index (χ1v) is 6.95. The predicted molar refractivity (Wildman–Crippen MR) is 69.0 cm³/mol. The van der Waals surface area contributed by atoms with Crippen LogP contribution in [-0.4, -0.2) is 48.9 Å². The minimum atomic E-state index is -0.384. The Kier molecular flexibility index (Phi) is 4.58. The van der Waals surface area contributed by atoms with Crippen LogP contribution in [0.4, 0.5) is 0 Å². The van der Waals surface area contributed by atoms with Crippen molar-refractivity contribution < 1.29 is 9.59 Å². The van der Waals surface area contributed by atoms with Crippen molar-refractivity contribution in [3.63, 3.8) is 0 Å². The van der Waals surface area contributed by atoms with E-state index in [0.717, 1.165) is 45.4 Å². The van der Waals surface area contributed by atoms with E-state index in [1.54, 1.807) is 6.92 Å². The van der Waals surface area contributed by atoms with Crippen molar-refractivity contribution in [2.75, 3.05) is 26.2 Å². The van der Waals surface area contributed by atoms with Gasteiger partial charge in [0.1, 0.15) is 6.04 Å². The third-order valence-electron chi connectivity index (χ3n) is 3.80. The highest BCUT2D eigenvalue weighted by atomic mass is 16.2. The van der Waals surface area contributed by atoms with Crippen molar-refractivity contribution >= 4 is 11.8 Å². The summed E-state index contributed by atoms with van der Waals surface area (Å²) in [5.74, 6) is 0.494. The molecule has 2 amide bonds. The van der Waals surface area contributed by atoms with E-state index in [2.05, 4.69) is 10.6 Å². The zero-order valence-electron chi connectivity index (χ0n) is 11.1. The van der Waals surface area contributed by atoms with Gasteiger partial charge < -0.3 is 15.5 Å². The standard InChI is InChI=1S/C13H23N3O2/c1-10(13(18)16-6-2-3-7-16)15-12(17)8-11-4-5-14-9-11/h10-11,14H,2-9H2,1H3,(H,15,17). The third kappa shape index (κ3) is 3.45. The van der Waals surface area contributed by atoms with Crippen molar-refractivity contribution in [3.05, 3.63) is 0 Å². The molecule has 18 heavy (non-hydrogen) atoms. The van der Waals surface area contributed by atoms with E-state index in [-0.39, 0.29) is 17.9 Å². The molecule has 0 saturated carbocycles. The lowest BCUT2D eigenvalue weighted by Gasteiger charge is -2.21. The lowest BCUT2D eigenvalue weighted by atomic mass is 10.0. The average Bonchev–Trinajstić information content (AvgIpc) is 2.99. The molecule has 2 unspecified atom stereocenters. The molecule has 2 heterocycles. The Hall–Kier alpha value is -1.10. The first-order valence-electron chi connectivity index (χ1n) is 6.95. The number of carbonyl (C=O) groups is 2. The van der Waals surface area contributed by atoms with Gasteiger partial charge >= 0.3 is 0 Å². The second-order valence-electron chi connectivity index (χ2n) is 5.38. The summed E-state index contributed by atoms with van der Waals surface area (Å²) in [4.78, 5) is 25.7. The van der Waals surface area contributed by atoms with Gasteiger partial charge in [-0.25, -0.2) is 0 Å². The molecule has 0 aromatic rings. The van der Waals surface area contributed by atoms with Crippen LogP contribution in [0.2, 0.25) is 0 Å². The van der Waals surface area contributed by atoms with E-state index < -0.39 is 0 Å². The summed E-state index contributed by atoms with van der Waals surface area (Å²) in [7, 11) is 0. The number of likely N-dealkylation sites (tertiary alicyclic amines) is 1. The number of nitrogens with one attached hydrogen (secondary N) is 2. The molecule has 0 aliphatic carbocycles. The van der Waals surface area contributed by atoms with Gasteiger partial charge in [0.2, 0.25) is 11.8 Å². The molecule has 0 spiro atoms. The van der Waals surface area contributed by atoms with Crippen molar-refractivity contribution in [2.45, 2.75) is 38.6 Å². The van der Waals surface area contributed by atoms with Gasteiger partial charge in [-0.15, -0.1) is 0 Å². The summed E-state index contributed by atoms with van der Waals surface area (Å²) in [6, 6.07) is -0.384. The normalized spacial score (nSPS) is 25.2. The number of hydrogen-bond donors (Lipinski definition) is 2. The molecule has 5 nitrogen and oxygen atoms in total. The van der Waals surface area contributed by atoms with Crippen LogP contribution in [0.1, 0.15) is 32.6 Å². The Balaban J connectivity index is 1.73. The van der Waals surface area contributed by atoms with Gasteiger partial charge in [-0.3, -0.25) is 9.59 Å². The molecule has 102 valence electrons. The molecule has 5 heteroatoms. The maximum Gasteiger partial charge on any atom is 0.244 e. The molecular formula is C13H23N3O2. The van der Waals surface area contributed by atoms with Gasteiger partial charge in [0.15, 0.2) is 0 Å². The molecule has 2 aliphatic rings. The van der Waals surface area contributed by atoms with Crippen LogP contribution in [0.15, 0.2) is 0 Å². The van der Waals surface area contributed by atoms with Gasteiger partial charge in [-0.2, -0.15) is 0 Å². The van der Waals surface area contributed by atoms with E-state index in [0.29, 0.717) is 12.3 Å². The maximum absolute atomic E-state index is 12.0. The van der Waals surface area contributed by atoms with Crippen LogP contribution in [0.25, 0.3) is 0 Å². The lowest BCUT2D eigenvalue weighted by molar-refractivity contribution is -0.135. The first-order chi connectivity index (χ1) is 8.66. The molecule has 2 fully saturated rings. The number of amides is 2. The fourth-order valence-electron chi connectivity index (χ4n) is 2.72. The number of hydrogen-bond acceptors (Lipinski definition) is 3. The Morgan fingerprint density at radius 1 is 1.39 bits per heavy atom. The molecular weight excluding hydrogens is 230 g/mol. The Labute approximate surface area is 108 Å². The molecule has 0 radical (unpaired) electrons. The lowest BCUT2D eigenvalue weighted by Crippen LogP contribution is -2.46. The van der Waals surface area contributed by atoms with Crippen LogP contribution in [-0.2, 0) is 9.59 Å². The van der Waals surface area contributed by atoms with Gasteiger partial charge in [0, 0.05) is 19.5 Å². The molecule has 2 aliphatic heterocycles. The third-order valence-corrected chi connectivity index (χ3v) is 3.80. The summed E-state index contributed by atoms with van der Waals surface area (Å²) in [6.07, 6.45) is 3.76.